The van der Waals surface area contributed by atoms with E-state index in [0.717, 1.165) is 11.7 Å². The van der Waals surface area contributed by atoms with Gasteiger partial charge < -0.3 is 23.7 Å². The van der Waals surface area contributed by atoms with E-state index >= 15 is 0 Å². The number of aromatic nitrogens is 2. The zero-order valence-electron chi connectivity index (χ0n) is 21.3. The number of ether oxygens (including phenoxy) is 2. The Balaban J connectivity index is 2.31. The number of rotatable bonds is 10. The average molecular weight is 585 g/mol. The van der Waals surface area contributed by atoms with Crippen LogP contribution in [0.3, 0.4) is 0 Å². The minimum absolute atomic E-state index is 0.110. The normalized spacial score (nSPS) is 17.1. The van der Waals surface area contributed by atoms with Gasteiger partial charge in [-0.2, -0.15) is 35.1 Å². The summed E-state index contributed by atoms with van der Waals surface area (Å²) in [5, 5.41) is 0. The Morgan fingerprint density at radius 2 is 1.65 bits per heavy atom. The third kappa shape index (κ3) is 7.66. The molecule has 0 bridgehead atoms. The minimum Gasteiger partial charge on any atom is -0.472 e. The summed E-state index contributed by atoms with van der Waals surface area (Å²) < 4.78 is 120. The Hall–Kier alpha value is -1.72. The summed E-state index contributed by atoms with van der Waals surface area (Å²) in [6.45, 7) is 9.82. The second-order valence-electron chi connectivity index (χ2n) is 10.4. The quantitative estimate of drug-likeness (QED) is 0.298. The summed E-state index contributed by atoms with van der Waals surface area (Å²) in [6.07, 6.45) is -7.79. The summed E-state index contributed by atoms with van der Waals surface area (Å²) >= 11 is 0.863. The van der Waals surface area contributed by atoms with Crippen molar-refractivity contribution in [3.63, 3.8) is 0 Å². The van der Waals surface area contributed by atoms with Crippen molar-refractivity contribution in [3.8, 4) is 5.88 Å². The van der Waals surface area contributed by atoms with E-state index in [9.17, 15) is 35.5 Å². The molecular weight excluding hydrogens is 553 g/mol. The molecule has 1 amide bonds. The lowest BCUT2D eigenvalue weighted by molar-refractivity contribution is -0.346. The highest BCUT2D eigenvalue weighted by Crippen LogP contribution is 2.47. The predicted octanol–water partition coefficient (Wildman–Crippen LogP) is 4.43. The third-order valence-corrected chi connectivity index (χ3v) is 6.68. The average Bonchev–Trinajstić information content (AvgIpc) is 3.21. The van der Waals surface area contributed by atoms with Crippen LogP contribution in [0, 0.1) is 0 Å². The van der Waals surface area contributed by atoms with Gasteiger partial charge in [0.15, 0.2) is 8.32 Å². The maximum atomic E-state index is 14.4. The lowest BCUT2D eigenvalue weighted by atomic mass is 10.0. The molecule has 1 aliphatic rings. The van der Waals surface area contributed by atoms with E-state index < -0.39 is 50.4 Å². The van der Waals surface area contributed by atoms with Gasteiger partial charge in [-0.05, 0) is 40.4 Å². The number of carbonyl (C=O) groups is 1. The molecule has 1 aliphatic heterocycles. The van der Waals surface area contributed by atoms with Crippen molar-refractivity contribution in [2.24, 2.45) is 0 Å². The molecule has 17 heteroatoms. The Labute approximate surface area is 215 Å². The highest BCUT2D eigenvalue weighted by molar-refractivity contribution is 6.99. The number of hydrogen-bond donors (Lipinski definition) is 0. The summed E-state index contributed by atoms with van der Waals surface area (Å²) in [6, 6.07) is 0. The Morgan fingerprint density at radius 1 is 1.08 bits per heavy atom. The number of anilines is 1. The topological polar surface area (TPSA) is 77.0 Å². The van der Waals surface area contributed by atoms with E-state index in [1.165, 1.54) is 20.8 Å². The molecule has 0 spiro atoms. The fourth-order valence-corrected chi connectivity index (χ4v) is 5.04. The summed E-state index contributed by atoms with van der Waals surface area (Å²) in [4.78, 5) is 14.7. The van der Waals surface area contributed by atoms with Crippen LogP contribution in [0.4, 0.5) is 36.6 Å². The third-order valence-electron chi connectivity index (χ3n) is 5.14. The Kier molecular flexibility index (Phi) is 9.51. The van der Waals surface area contributed by atoms with Gasteiger partial charge in [-0.1, -0.05) is 0 Å². The molecule has 0 aliphatic carbocycles. The van der Waals surface area contributed by atoms with Crippen LogP contribution in [-0.4, -0.2) is 97.0 Å². The first-order valence-corrected chi connectivity index (χ1v) is 15.4. The van der Waals surface area contributed by atoms with Crippen molar-refractivity contribution in [2.75, 3.05) is 44.4 Å². The van der Waals surface area contributed by atoms with Gasteiger partial charge in [0.25, 0.3) is 5.88 Å². The van der Waals surface area contributed by atoms with Crippen LogP contribution in [0.5, 0.6) is 5.88 Å². The highest BCUT2D eigenvalue weighted by atomic mass is 32.1. The Morgan fingerprint density at radius 3 is 2.14 bits per heavy atom. The van der Waals surface area contributed by atoms with Gasteiger partial charge in [0.2, 0.25) is 5.82 Å². The van der Waals surface area contributed by atoms with Gasteiger partial charge >= 0.3 is 23.9 Å². The van der Waals surface area contributed by atoms with Crippen molar-refractivity contribution in [1.29, 1.82) is 0 Å². The van der Waals surface area contributed by atoms with Gasteiger partial charge in [0.1, 0.15) is 6.61 Å². The SMILES string of the molecule is CC(C)(C)N(CC(COc1nsnc1N1CCOCC1)O[Si](C)(C)C)C(=O)C(F)(F)C(F)(F)C(F)(F)F. The van der Waals surface area contributed by atoms with Crippen LogP contribution in [-0.2, 0) is 14.0 Å². The number of nitrogens with zero attached hydrogens (tertiary/aromatic N) is 4. The van der Waals surface area contributed by atoms with E-state index in [-0.39, 0.29) is 17.4 Å². The fraction of sp³-hybridized carbons (Fsp3) is 0.850. The first kappa shape index (κ1) is 31.5. The van der Waals surface area contributed by atoms with E-state index in [1.807, 2.05) is 4.90 Å². The molecule has 1 atom stereocenters. The molecule has 0 saturated carbocycles. The molecule has 1 aromatic rings. The molecule has 2 heterocycles. The molecule has 0 N–H and O–H groups in total. The van der Waals surface area contributed by atoms with Crippen molar-refractivity contribution in [1.82, 2.24) is 13.6 Å². The number of carbonyl (C=O) groups excluding carboxylic acids is 1. The molecule has 1 unspecified atom stereocenters. The number of alkyl halides is 7. The number of morpholine rings is 1. The number of amides is 1. The monoisotopic (exact) mass is 584 g/mol. The fourth-order valence-electron chi connectivity index (χ4n) is 3.38. The van der Waals surface area contributed by atoms with Gasteiger partial charge in [0.05, 0.1) is 31.0 Å². The van der Waals surface area contributed by atoms with Gasteiger partial charge in [0, 0.05) is 25.2 Å². The van der Waals surface area contributed by atoms with E-state index in [2.05, 4.69) is 8.75 Å². The highest BCUT2D eigenvalue weighted by Gasteiger charge is 2.77. The largest absolute Gasteiger partial charge is 0.472 e. The van der Waals surface area contributed by atoms with Crippen LogP contribution in [0.2, 0.25) is 19.6 Å². The van der Waals surface area contributed by atoms with Crippen LogP contribution in [0.1, 0.15) is 20.8 Å². The first-order chi connectivity index (χ1) is 16.7. The van der Waals surface area contributed by atoms with Crippen LogP contribution >= 0.6 is 11.7 Å². The maximum absolute atomic E-state index is 14.4. The van der Waals surface area contributed by atoms with E-state index in [1.54, 1.807) is 19.6 Å². The molecule has 0 aromatic carbocycles. The zero-order valence-corrected chi connectivity index (χ0v) is 23.1. The number of hydrogen-bond acceptors (Lipinski definition) is 8. The van der Waals surface area contributed by atoms with Crippen molar-refractivity contribution >= 4 is 31.8 Å². The Bertz CT molecular complexity index is 916. The van der Waals surface area contributed by atoms with Crippen LogP contribution < -0.4 is 9.64 Å². The maximum Gasteiger partial charge on any atom is 0.460 e. The molecule has 0 radical (unpaired) electrons. The summed E-state index contributed by atoms with van der Waals surface area (Å²) in [5.41, 5.74) is -1.57. The minimum atomic E-state index is -6.64. The van der Waals surface area contributed by atoms with Crippen molar-refractivity contribution in [3.05, 3.63) is 0 Å². The van der Waals surface area contributed by atoms with Gasteiger partial charge in [-0.15, -0.1) is 4.37 Å². The number of halogens is 7. The van der Waals surface area contributed by atoms with Crippen molar-refractivity contribution in [2.45, 2.75) is 70.1 Å². The molecule has 1 aromatic heterocycles. The van der Waals surface area contributed by atoms with Gasteiger partial charge in [-0.3, -0.25) is 4.79 Å². The van der Waals surface area contributed by atoms with E-state index in [0.29, 0.717) is 32.1 Å². The molecule has 1 fully saturated rings. The lowest BCUT2D eigenvalue weighted by Crippen LogP contribution is -2.64. The zero-order chi connectivity index (χ0) is 28.4. The molecule has 8 nitrogen and oxygen atoms in total. The molecule has 214 valence electrons. The summed E-state index contributed by atoms with van der Waals surface area (Å²) in [7, 11) is -2.46. The standard InChI is InChI=1S/C20H31F7N4O4SSi/c1-17(2,3)31(16(32)18(21,22)19(23,24)20(25,26)27)11-13(35-37(4,5)6)12-34-15-14(28-36-29-15)30-7-9-33-10-8-30/h13H,7-12H2,1-6H3. The molecule has 2 rings (SSSR count). The van der Waals surface area contributed by atoms with Crippen LogP contribution in [0.15, 0.2) is 0 Å². The predicted molar refractivity (Wildman–Crippen MR) is 124 cm³/mol. The first-order valence-electron chi connectivity index (χ1n) is 11.3. The van der Waals surface area contributed by atoms with Crippen molar-refractivity contribution < 1.29 is 49.4 Å². The molecule has 37 heavy (non-hydrogen) atoms. The van der Waals surface area contributed by atoms with Gasteiger partial charge in [-0.25, -0.2) is 0 Å². The second-order valence-corrected chi connectivity index (χ2v) is 15.4. The van der Waals surface area contributed by atoms with E-state index in [4.69, 9.17) is 13.9 Å². The second kappa shape index (κ2) is 11.2. The molecule has 1 saturated heterocycles. The van der Waals surface area contributed by atoms with Crippen LogP contribution in [0.25, 0.3) is 0 Å². The smallest absolute Gasteiger partial charge is 0.460 e. The summed E-state index contributed by atoms with van der Waals surface area (Å²) in [5.74, 6) is -14.8. The lowest BCUT2D eigenvalue weighted by Gasteiger charge is -2.41. The molecular formula is C20H31F7N4O4SSi.